The molecule has 28 heavy (non-hydrogen) atoms. The van der Waals surface area contributed by atoms with E-state index in [1.54, 1.807) is 61.7 Å². The molecule has 0 aliphatic rings. The predicted molar refractivity (Wildman–Crippen MR) is 107 cm³/mol. The second-order valence-corrected chi connectivity index (χ2v) is 7.75. The van der Waals surface area contributed by atoms with Crippen molar-refractivity contribution in [1.82, 2.24) is 15.0 Å². The summed E-state index contributed by atoms with van der Waals surface area (Å²) < 4.78 is 32.8. The highest BCUT2D eigenvalue weighted by molar-refractivity contribution is 7.92. The van der Waals surface area contributed by atoms with Crippen LogP contribution in [0.5, 0.6) is 5.75 Å². The highest BCUT2D eigenvalue weighted by Crippen LogP contribution is 2.21. The number of ether oxygens (including phenoxy) is 1. The van der Waals surface area contributed by atoms with Crippen LogP contribution in [-0.2, 0) is 10.0 Å². The fourth-order valence-corrected chi connectivity index (χ4v) is 3.74. The van der Waals surface area contributed by atoms with Crippen molar-refractivity contribution in [3.8, 4) is 11.4 Å². The Bertz CT molecular complexity index is 1230. The van der Waals surface area contributed by atoms with E-state index in [1.165, 1.54) is 16.9 Å². The molecule has 1 heterocycles. The van der Waals surface area contributed by atoms with E-state index in [4.69, 9.17) is 10.5 Å². The average Bonchev–Trinajstić information content (AvgIpc) is 3.11. The van der Waals surface area contributed by atoms with E-state index in [-0.39, 0.29) is 4.90 Å². The number of methoxy groups -OCH3 is 1. The Labute approximate surface area is 161 Å². The number of nitrogens with one attached hydrogen (secondary N) is 1. The molecule has 9 heteroatoms. The summed E-state index contributed by atoms with van der Waals surface area (Å²) in [6.45, 7) is 0. The molecule has 0 unspecified atom stereocenters. The molecule has 3 N–H and O–H groups in total. The molecular formula is C19H17N5O3S. The lowest BCUT2D eigenvalue weighted by molar-refractivity contribution is 0.415. The summed E-state index contributed by atoms with van der Waals surface area (Å²) in [6, 6.07) is 18.2. The number of anilines is 2. The van der Waals surface area contributed by atoms with Gasteiger partial charge in [-0.3, -0.25) is 4.72 Å². The van der Waals surface area contributed by atoms with Gasteiger partial charge in [0.25, 0.3) is 10.0 Å². The molecule has 3 aromatic carbocycles. The van der Waals surface area contributed by atoms with Gasteiger partial charge in [-0.1, -0.05) is 0 Å². The zero-order chi connectivity index (χ0) is 19.7. The SMILES string of the molecule is COc1ccc(NS(=O)(=O)c2ccc(-n3nc4ccc(N)cc4n3)cc2)cc1. The lowest BCUT2D eigenvalue weighted by atomic mass is 10.3. The minimum atomic E-state index is -3.72. The molecule has 4 aromatic rings. The van der Waals surface area contributed by atoms with Gasteiger partial charge >= 0.3 is 0 Å². The van der Waals surface area contributed by atoms with Crippen molar-refractivity contribution in [2.45, 2.75) is 4.90 Å². The number of sulfonamides is 1. The number of nitrogens with zero attached hydrogens (tertiary/aromatic N) is 3. The smallest absolute Gasteiger partial charge is 0.261 e. The van der Waals surface area contributed by atoms with Crippen molar-refractivity contribution in [2.24, 2.45) is 0 Å². The first kappa shape index (κ1) is 17.8. The summed E-state index contributed by atoms with van der Waals surface area (Å²) >= 11 is 0. The number of nitrogens with two attached hydrogens (primary N) is 1. The second-order valence-electron chi connectivity index (χ2n) is 6.07. The molecule has 0 atom stereocenters. The summed E-state index contributed by atoms with van der Waals surface area (Å²) in [5.74, 6) is 0.646. The van der Waals surface area contributed by atoms with Crippen molar-refractivity contribution in [3.05, 3.63) is 66.7 Å². The molecule has 0 aliphatic carbocycles. The number of hydrogen-bond acceptors (Lipinski definition) is 6. The third-order valence-electron chi connectivity index (χ3n) is 4.12. The Morgan fingerprint density at radius 3 is 2.29 bits per heavy atom. The van der Waals surface area contributed by atoms with Gasteiger partial charge in [0.1, 0.15) is 16.8 Å². The Hall–Kier alpha value is -3.59. The van der Waals surface area contributed by atoms with Gasteiger partial charge in [0.2, 0.25) is 0 Å². The van der Waals surface area contributed by atoms with E-state index in [0.29, 0.717) is 33.8 Å². The van der Waals surface area contributed by atoms with E-state index < -0.39 is 10.0 Å². The van der Waals surface area contributed by atoms with Crippen molar-refractivity contribution in [1.29, 1.82) is 0 Å². The summed E-state index contributed by atoms with van der Waals surface area (Å²) in [6.07, 6.45) is 0. The monoisotopic (exact) mass is 395 g/mol. The maximum atomic E-state index is 12.6. The highest BCUT2D eigenvalue weighted by Gasteiger charge is 2.15. The Balaban J connectivity index is 1.58. The topological polar surface area (TPSA) is 112 Å². The maximum absolute atomic E-state index is 12.6. The minimum Gasteiger partial charge on any atom is -0.497 e. The fourth-order valence-electron chi connectivity index (χ4n) is 2.68. The van der Waals surface area contributed by atoms with Crippen LogP contribution in [0.25, 0.3) is 16.7 Å². The zero-order valence-electron chi connectivity index (χ0n) is 14.9. The van der Waals surface area contributed by atoms with Crippen molar-refractivity contribution in [2.75, 3.05) is 17.6 Å². The number of benzene rings is 3. The number of fused-ring (bicyclic) bond motifs is 1. The van der Waals surface area contributed by atoms with Crippen LogP contribution < -0.4 is 15.2 Å². The van der Waals surface area contributed by atoms with Gasteiger partial charge in [0.15, 0.2) is 0 Å². The number of nitrogen functional groups attached to an aromatic ring is 1. The van der Waals surface area contributed by atoms with Crippen molar-refractivity contribution >= 4 is 32.4 Å². The predicted octanol–water partition coefficient (Wildman–Crippen LogP) is 2.81. The summed E-state index contributed by atoms with van der Waals surface area (Å²) in [4.78, 5) is 1.57. The molecule has 0 radical (unpaired) electrons. The molecule has 0 amide bonds. The first-order valence-corrected chi connectivity index (χ1v) is 9.83. The van der Waals surface area contributed by atoms with Crippen molar-refractivity contribution < 1.29 is 13.2 Å². The molecule has 0 saturated heterocycles. The van der Waals surface area contributed by atoms with Gasteiger partial charge in [0, 0.05) is 11.4 Å². The number of hydrogen-bond donors (Lipinski definition) is 2. The van der Waals surface area contributed by atoms with Gasteiger partial charge in [-0.25, -0.2) is 8.42 Å². The van der Waals surface area contributed by atoms with E-state index in [9.17, 15) is 8.42 Å². The molecular weight excluding hydrogens is 378 g/mol. The lowest BCUT2D eigenvalue weighted by Crippen LogP contribution is -2.13. The van der Waals surface area contributed by atoms with Crippen LogP contribution >= 0.6 is 0 Å². The molecule has 0 spiro atoms. The van der Waals surface area contributed by atoms with Crippen LogP contribution in [0, 0.1) is 0 Å². The third-order valence-corrected chi connectivity index (χ3v) is 5.52. The van der Waals surface area contributed by atoms with Crippen molar-refractivity contribution in [3.63, 3.8) is 0 Å². The van der Waals surface area contributed by atoms with Crippen LogP contribution in [0.15, 0.2) is 71.6 Å². The number of rotatable bonds is 5. The molecule has 142 valence electrons. The Kier molecular flexibility index (Phi) is 4.36. The van der Waals surface area contributed by atoms with E-state index in [1.807, 2.05) is 0 Å². The first-order chi connectivity index (χ1) is 13.4. The van der Waals surface area contributed by atoms with Crippen LogP contribution in [0.3, 0.4) is 0 Å². The van der Waals surface area contributed by atoms with Gasteiger partial charge in [-0.2, -0.15) is 4.80 Å². The zero-order valence-corrected chi connectivity index (χ0v) is 15.7. The summed E-state index contributed by atoms with van der Waals surface area (Å²) in [7, 11) is -2.17. The Morgan fingerprint density at radius 2 is 1.61 bits per heavy atom. The molecule has 0 saturated carbocycles. The largest absolute Gasteiger partial charge is 0.497 e. The fraction of sp³-hybridized carbons (Fsp3) is 0.0526. The molecule has 0 bridgehead atoms. The van der Waals surface area contributed by atoms with Gasteiger partial charge in [-0.05, 0) is 66.7 Å². The van der Waals surface area contributed by atoms with Crippen LogP contribution in [0.1, 0.15) is 0 Å². The average molecular weight is 395 g/mol. The van der Waals surface area contributed by atoms with Crippen LogP contribution in [0.4, 0.5) is 11.4 Å². The molecule has 0 aliphatic heterocycles. The highest BCUT2D eigenvalue weighted by atomic mass is 32.2. The molecule has 0 fully saturated rings. The summed E-state index contributed by atoms with van der Waals surface area (Å²) in [5, 5.41) is 8.74. The summed E-state index contributed by atoms with van der Waals surface area (Å²) in [5.41, 5.74) is 8.81. The minimum absolute atomic E-state index is 0.132. The maximum Gasteiger partial charge on any atom is 0.261 e. The normalized spacial score (nSPS) is 11.5. The van der Waals surface area contributed by atoms with Gasteiger partial charge in [0.05, 0.1) is 17.7 Å². The standard InChI is InChI=1S/C19H17N5O3S/c1-27-16-7-3-14(4-8-16)23-28(25,26)17-9-5-15(6-10-17)24-21-18-11-2-13(20)12-19(18)22-24/h2-12,23H,20H2,1H3. The van der Waals surface area contributed by atoms with Gasteiger partial charge in [-0.15, -0.1) is 10.2 Å². The van der Waals surface area contributed by atoms with E-state index in [0.717, 1.165) is 0 Å². The van der Waals surface area contributed by atoms with E-state index in [2.05, 4.69) is 14.9 Å². The first-order valence-electron chi connectivity index (χ1n) is 8.34. The Morgan fingerprint density at radius 1 is 0.929 bits per heavy atom. The van der Waals surface area contributed by atoms with E-state index >= 15 is 0 Å². The quantitative estimate of drug-likeness (QED) is 0.503. The van der Waals surface area contributed by atoms with Crippen LogP contribution in [0.2, 0.25) is 0 Å². The molecule has 8 nitrogen and oxygen atoms in total. The third kappa shape index (κ3) is 3.47. The van der Waals surface area contributed by atoms with Crippen LogP contribution in [-0.4, -0.2) is 30.5 Å². The molecule has 1 aromatic heterocycles. The van der Waals surface area contributed by atoms with Gasteiger partial charge < -0.3 is 10.5 Å². The lowest BCUT2D eigenvalue weighted by Gasteiger charge is -2.09. The second kappa shape index (κ2) is 6.86. The number of aromatic nitrogens is 3. The molecule has 4 rings (SSSR count).